The average molecular weight is 238 g/mol. The third kappa shape index (κ3) is 3.30. The van der Waals surface area contributed by atoms with E-state index in [-0.39, 0.29) is 6.61 Å². The molecule has 1 heterocycles. The van der Waals surface area contributed by atoms with Gasteiger partial charge in [-0.25, -0.2) is 9.97 Å². The van der Waals surface area contributed by atoms with E-state index in [1.807, 2.05) is 20.9 Å². The lowest BCUT2D eigenvalue weighted by Gasteiger charge is -2.27. The quantitative estimate of drug-likeness (QED) is 0.730. The summed E-state index contributed by atoms with van der Waals surface area (Å²) in [5.74, 6) is 1.90. The fraction of sp³-hybridized carbons (Fsp3) is 0.667. The number of rotatable bonds is 5. The van der Waals surface area contributed by atoms with Gasteiger partial charge in [0.1, 0.15) is 18.0 Å². The zero-order chi connectivity index (χ0) is 13.1. The predicted molar refractivity (Wildman–Crippen MR) is 70.5 cm³/mol. The van der Waals surface area contributed by atoms with Gasteiger partial charge in [0.15, 0.2) is 0 Å². The molecule has 0 aliphatic rings. The number of aromatic nitrogens is 2. The van der Waals surface area contributed by atoms with E-state index in [1.54, 1.807) is 0 Å². The summed E-state index contributed by atoms with van der Waals surface area (Å²) in [4.78, 5) is 8.48. The molecule has 0 aliphatic carbocycles. The number of hydrogen-bond donors (Lipinski definition) is 3. The minimum atomic E-state index is -0.400. The molecule has 0 unspecified atom stereocenters. The Morgan fingerprint density at radius 3 is 2.35 bits per heavy atom. The zero-order valence-corrected chi connectivity index (χ0v) is 11.2. The lowest BCUT2D eigenvalue weighted by molar-refractivity contribution is 0.233. The molecular formula is C12H22N4O. The fourth-order valence-electron chi connectivity index (χ4n) is 1.60. The molecule has 0 spiro atoms. The highest BCUT2D eigenvalue weighted by Crippen LogP contribution is 2.29. The van der Waals surface area contributed by atoms with Crippen LogP contribution >= 0.6 is 0 Å². The SMILES string of the molecule is CNc1ncnc(NC(C)(C)CO)c1C(C)C. The Hall–Kier alpha value is -1.36. The maximum atomic E-state index is 9.29. The molecule has 0 amide bonds. The van der Waals surface area contributed by atoms with E-state index in [4.69, 9.17) is 0 Å². The van der Waals surface area contributed by atoms with Gasteiger partial charge in [-0.05, 0) is 19.8 Å². The molecule has 0 atom stereocenters. The van der Waals surface area contributed by atoms with E-state index in [1.165, 1.54) is 6.33 Å². The highest BCUT2D eigenvalue weighted by Gasteiger charge is 2.21. The molecule has 1 aromatic heterocycles. The molecule has 0 bridgehead atoms. The number of aliphatic hydroxyl groups is 1. The summed E-state index contributed by atoms with van der Waals surface area (Å²) in [6, 6.07) is 0. The minimum Gasteiger partial charge on any atom is -0.394 e. The highest BCUT2D eigenvalue weighted by atomic mass is 16.3. The van der Waals surface area contributed by atoms with E-state index in [2.05, 4.69) is 34.4 Å². The van der Waals surface area contributed by atoms with Gasteiger partial charge >= 0.3 is 0 Å². The van der Waals surface area contributed by atoms with E-state index >= 15 is 0 Å². The van der Waals surface area contributed by atoms with E-state index < -0.39 is 5.54 Å². The third-order valence-corrected chi connectivity index (χ3v) is 2.55. The summed E-state index contributed by atoms with van der Waals surface area (Å²) in [5.41, 5.74) is 0.639. The molecule has 0 aromatic carbocycles. The van der Waals surface area contributed by atoms with Crippen LogP contribution < -0.4 is 10.6 Å². The van der Waals surface area contributed by atoms with Crippen molar-refractivity contribution in [2.24, 2.45) is 0 Å². The topological polar surface area (TPSA) is 70.1 Å². The Labute approximate surface area is 103 Å². The maximum absolute atomic E-state index is 9.29. The normalized spacial score (nSPS) is 11.7. The van der Waals surface area contributed by atoms with Crippen molar-refractivity contribution < 1.29 is 5.11 Å². The van der Waals surface area contributed by atoms with Crippen LogP contribution in [0.15, 0.2) is 6.33 Å². The van der Waals surface area contributed by atoms with Crippen LogP contribution in [0, 0.1) is 0 Å². The molecule has 0 aliphatic heterocycles. The van der Waals surface area contributed by atoms with Crippen molar-refractivity contribution in [2.45, 2.75) is 39.2 Å². The molecule has 0 radical (unpaired) electrons. The van der Waals surface area contributed by atoms with Gasteiger partial charge in [-0.2, -0.15) is 0 Å². The molecule has 0 saturated heterocycles. The summed E-state index contributed by atoms with van der Waals surface area (Å²) in [6.07, 6.45) is 1.52. The van der Waals surface area contributed by atoms with Gasteiger partial charge in [0, 0.05) is 12.6 Å². The second-order valence-electron chi connectivity index (χ2n) is 5.06. The summed E-state index contributed by atoms with van der Waals surface area (Å²) in [7, 11) is 1.84. The first-order chi connectivity index (χ1) is 7.91. The number of anilines is 2. The van der Waals surface area contributed by atoms with Crippen LogP contribution in [0.25, 0.3) is 0 Å². The van der Waals surface area contributed by atoms with Crippen molar-refractivity contribution >= 4 is 11.6 Å². The highest BCUT2D eigenvalue weighted by molar-refractivity contribution is 5.59. The van der Waals surface area contributed by atoms with E-state index in [0.29, 0.717) is 5.92 Å². The second-order valence-corrected chi connectivity index (χ2v) is 5.06. The number of nitrogens with zero attached hydrogens (tertiary/aromatic N) is 2. The molecule has 96 valence electrons. The van der Waals surface area contributed by atoms with Crippen molar-refractivity contribution in [1.82, 2.24) is 9.97 Å². The smallest absolute Gasteiger partial charge is 0.135 e. The number of hydrogen-bond acceptors (Lipinski definition) is 5. The number of aliphatic hydroxyl groups excluding tert-OH is 1. The van der Waals surface area contributed by atoms with Crippen LogP contribution in [0.3, 0.4) is 0 Å². The van der Waals surface area contributed by atoms with Gasteiger partial charge in [0.2, 0.25) is 0 Å². The molecule has 0 saturated carbocycles. The molecule has 1 aromatic rings. The van der Waals surface area contributed by atoms with Crippen molar-refractivity contribution in [3.05, 3.63) is 11.9 Å². The van der Waals surface area contributed by atoms with Crippen molar-refractivity contribution in [1.29, 1.82) is 0 Å². The zero-order valence-electron chi connectivity index (χ0n) is 11.2. The molecule has 5 heteroatoms. The van der Waals surface area contributed by atoms with Crippen LogP contribution in [0.5, 0.6) is 0 Å². The number of nitrogens with one attached hydrogen (secondary N) is 2. The van der Waals surface area contributed by atoms with Gasteiger partial charge in [0.25, 0.3) is 0 Å². The van der Waals surface area contributed by atoms with Gasteiger partial charge in [-0.3, -0.25) is 0 Å². The lowest BCUT2D eigenvalue weighted by Crippen LogP contribution is -2.36. The molecule has 17 heavy (non-hydrogen) atoms. The summed E-state index contributed by atoms with van der Waals surface area (Å²) in [6.45, 7) is 8.09. The molecule has 5 nitrogen and oxygen atoms in total. The Morgan fingerprint density at radius 2 is 1.88 bits per heavy atom. The van der Waals surface area contributed by atoms with Crippen LogP contribution in [-0.2, 0) is 0 Å². The molecular weight excluding hydrogens is 216 g/mol. The third-order valence-electron chi connectivity index (χ3n) is 2.55. The van der Waals surface area contributed by atoms with Gasteiger partial charge < -0.3 is 15.7 Å². The molecule has 1 rings (SSSR count). The first kappa shape index (κ1) is 13.7. The van der Waals surface area contributed by atoms with Gasteiger partial charge in [-0.1, -0.05) is 13.8 Å². The standard InChI is InChI=1S/C12H22N4O/c1-8(2)9-10(13-5)14-7-15-11(9)16-12(3,4)6-17/h7-8,17H,6H2,1-5H3,(H2,13,14,15,16). The average Bonchev–Trinajstić information content (AvgIpc) is 2.27. The second kappa shape index (κ2) is 5.31. The maximum Gasteiger partial charge on any atom is 0.135 e. The first-order valence-corrected chi connectivity index (χ1v) is 5.83. The lowest BCUT2D eigenvalue weighted by atomic mass is 10.0. The minimum absolute atomic E-state index is 0.0451. The van der Waals surface area contributed by atoms with Crippen LogP contribution in [0.2, 0.25) is 0 Å². The Kier molecular flexibility index (Phi) is 4.28. The molecule has 0 fully saturated rings. The van der Waals surface area contributed by atoms with Crippen molar-refractivity contribution in [3.8, 4) is 0 Å². The summed E-state index contributed by atoms with van der Waals surface area (Å²) < 4.78 is 0. The first-order valence-electron chi connectivity index (χ1n) is 5.83. The predicted octanol–water partition coefficient (Wildman–Crippen LogP) is 1.82. The van der Waals surface area contributed by atoms with Crippen LogP contribution in [0.1, 0.15) is 39.2 Å². The fourth-order valence-corrected chi connectivity index (χ4v) is 1.60. The largest absolute Gasteiger partial charge is 0.394 e. The Balaban J connectivity index is 3.15. The van der Waals surface area contributed by atoms with Crippen molar-refractivity contribution in [3.63, 3.8) is 0 Å². The van der Waals surface area contributed by atoms with E-state index in [9.17, 15) is 5.11 Å². The van der Waals surface area contributed by atoms with Crippen molar-refractivity contribution in [2.75, 3.05) is 24.3 Å². The van der Waals surface area contributed by atoms with Gasteiger partial charge in [0.05, 0.1) is 12.1 Å². The van der Waals surface area contributed by atoms with Crippen LogP contribution in [-0.4, -0.2) is 34.3 Å². The summed E-state index contributed by atoms with van der Waals surface area (Å²) >= 11 is 0. The summed E-state index contributed by atoms with van der Waals surface area (Å²) in [5, 5.41) is 15.6. The van der Waals surface area contributed by atoms with E-state index in [0.717, 1.165) is 17.2 Å². The monoisotopic (exact) mass is 238 g/mol. The Morgan fingerprint density at radius 1 is 1.29 bits per heavy atom. The van der Waals surface area contributed by atoms with Gasteiger partial charge in [-0.15, -0.1) is 0 Å². The Bertz CT molecular complexity index is 377. The molecule has 3 N–H and O–H groups in total. The van der Waals surface area contributed by atoms with Crippen LogP contribution in [0.4, 0.5) is 11.6 Å².